The fourth-order valence-electron chi connectivity index (χ4n) is 3.63. The van der Waals surface area contributed by atoms with E-state index in [1.54, 1.807) is 0 Å². The third kappa shape index (κ3) is 5.74. The largest absolute Gasteiger partial charge is 0.480 e. The zero-order valence-corrected chi connectivity index (χ0v) is 15.4. The van der Waals surface area contributed by atoms with Crippen LogP contribution in [-0.4, -0.2) is 83.0 Å². The Balaban J connectivity index is 1.79. The predicted molar refractivity (Wildman–Crippen MR) is 93.9 cm³/mol. The molecule has 0 unspecified atom stereocenters. The molecule has 1 aliphatic carbocycles. The average molecular weight is 339 g/mol. The van der Waals surface area contributed by atoms with Gasteiger partial charge in [0.1, 0.15) is 0 Å². The minimum Gasteiger partial charge on any atom is -0.480 e. The maximum atomic E-state index is 12.6. The predicted octanol–water partition coefficient (Wildman–Crippen LogP) is 1.50. The normalized spacial score (nSPS) is 19.9. The van der Waals surface area contributed by atoms with E-state index in [0.717, 1.165) is 51.9 Å². The number of rotatable bonds is 9. The average Bonchev–Trinajstić information content (AvgIpc) is 3.35. The van der Waals surface area contributed by atoms with Gasteiger partial charge in [-0.25, -0.2) is 0 Å². The van der Waals surface area contributed by atoms with Crippen molar-refractivity contribution < 1.29 is 14.7 Å². The van der Waals surface area contributed by atoms with Crippen LogP contribution in [0.4, 0.5) is 0 Å². The van der Waals surface area contributed by atoms with Gasteiger partial charge in [-0.3, -0.25) is 19.4 Å². The summed E-state index contributed by atoms with van der Waals surface area (Å²) in [7, 11) is 0. The number of likely N-dealkylation sites (N-methyl/N-ethyl adjacent to an activating group) is 1. The Hall–Kier alpha value is -1.14. The van der Waals surface area contributed by atoms with Crippen LogP contribution < -0.4 is 0 Å². The van der Waals surface area contributed by atoms with Crippen LogP contribution in [0.5, 0.6) is 0 Å². The topological polar surface area (TPSA) is 64.1 Å². The van der Waals surface area contributed by atoms with Gasteiger partial charge in [0.25, 0.3) is 0 Å². The maximum Gasteiger partial charge on any atom is 0.317 e. The fourth-order valence-corrected chi connectivity index (χ4v) is 3.63. The number of likely N-dealkylation sites (tertiary alicyclic amines) is 1. The number of carbonyl (C=O) groups excluding carboxylic acids is 1. The van der Waals surface area contributed by atoms with E-state index in [0.29, 0.717) is 24.5 Å². The van der Waals surface area contributed by atoms with Gasteiger partial charge in [-0.15, -0.1) is 0 Å². The first kappa shape index (κ1) is 19.2. The van der Waals surface area contributed by atoms with E-state index in [2.05, 4.69) is 23.6 Å². The molecule has 0 aromatic rings. The van der Waals surface area contributed by atoms with E-state index in [-0.39, 0.29) is 12.5 Å². The third-order valence-corrected chi connectivity index (χ3v) is 5.05. The number of carboxylic acid groups (broad SMARTS) is 1. The first-order valence-electron chi connectivity index (χ1n) is 9.38. The van der Waals surface area contributed by atoms with Crippen molar-refractivity contribution in [2.75, 3.05) is 39.3 Å². The molecule has 1 saturated carbocycles. The van der Waals surface area contributed by atoms with Gasteiger partial charge >= 0.3 is 5.97 Å². The third-order valence-electron chi connectivity index (χ3n) is 5.05. The summed E-state index contributed by atoms with van der Waals surface area (Å²) in [5.74, 6) is 0.0140. The molecule has 2 rings (SSSR count). The van der Waals surface area contributed by atoms with Crippen LogP contribution >= 0.6 is 0 Å². The van der Waals surface area contributed by atoms with E-state index >= 15 is 0 Å². The lowest BCUT2D eigenvalue weighted by Gasteiger charge is -2.38. The van der Waals surface area contributed by atoms with Crippen molar-refractivity contribution >= 4 is 11.9 Å². The number of hydrogen-bond donors (Lipinski definition) is 1. The highest BCUT2D eigenvalue weighted by Crippen LogP contribution is 2.28. The van der Waals surface area contributed by atoms with E-state index < -0.39 is 5.97 Å². The lowest BCUT2D eigenvalue weighted by Crippen LogP contribution is -2.49. The Kier molecular flexibility index (Phi) is 7.04. The lowest BCUT2D eigenvalue weighted by atomic mass is 10.0. The van der Waals surface area contributed by atoms with Crippen molar-refractivity contribution in [3.05, 3.63) is 0 Å². The zero-order chi connectivity index (χ0) is 17.7. The highest BCUT2D eigenvalue weighted by atomic mass is 16.4. The van der Waals surface area contributed by atoms with Gasteiger partial charge in [0.15, 0.2) is 0 Å². The number of carbonyl (C=O) groups is 2. The summed E-state index contributed by atoms with van der Waals surface area (Å²) >= 11 is 0. The van der Waals surface area contributed by atoms with Gasteiger partial charge in [-0.2, -0.15) is 0 Å². The Morgan fingerprint density at radius 3 is 2.21 bits per heavy atom. The number of aliphatic carboxylic acids is 1. The second kappa shape index (κ2) is 8.81. The Labute approximate surface area is 145 Å². The zero-order valence-electron chi connectivity index (χ0n) is 15.4. The molecule has 24 heavy (non-hydrogen) atoms. The lowest BCUT2D eigenvalue weighted by molar-refractivity contribution is -0.139. The first-order valence-corrected chi connectivity index (χ1v) is 9.38. The van der Waals surface area contributed by atoms with Gasteiger partial charge in [0.05, 0.1) is 13.1 Å². The molecular weight excluding hydrogens is 306 g/mol. The molecule has 1 heterocycles. The summed E-state index contributed by atoms with van der Waals surface area (Å²) in [6.45, 7) is 10.4. The Morgan fingerprint density at radius 2 is 1.75 bits per heavy atom. The quantitative estimate of drug-likeness (QED) is 0.690. The molecule has 0 spiro atoms. The van der Waals surface area contributed by atoms with E-state index in [1.807, 2.05) is 11.8 Å². The number of nitrogens with zero attached hydrogens (tertiary/aromatic N) is 3. The van der Waals surface area contributed by atoms with E-state index in [1.165, 1.54) is 0 Å². The second-order valence-electron chi connectivity index (χ2n) is 7.64. The SMILES string of the molecule is CCN(CC(=O)O)C1CCN(CC(=O)N(CC(C)C)C2CC2)CC1. The second-order valence-corrected chi connectivity index (χ2v) is 7.64. The van der Waals surface area contributed by atoms with Crippen LogP contribution in [0.25, 0.3) is 0 Å². The van der Waals surface area contributed by atoms with E-state index in [4.69, 9.17) is 5.11 Å². The molecule has 2 aliphatic rings. The molecular formula is C18H33N3O3. The smallest absolute Gasteiger partial charge is 0.317 e. The van der Waals surface area contributed by atoms with Crippen LogP contribution in [0.1, 0.15) is 46.5 Å². The van der Waals surface area contributed by atoms with Crippen LogP contribution in [-0.2, 0) is 9.59 Å². The molecule has 1 saturated heterocycles. The van der Waals surface area contributed by atoms with Gasteiger partial charge < -0.3 is 10.0 Å². The van der Waals surface area contributed by atoms with Crippen LogP contribution in [0.3, 0.4) is 0 Å². The molecule has 0 aromatic heterocycles. The van der Waals surface area contributed by atoms with Crippen molar-refractivity contribution in [2.24, 2.45) is 5.92 Å². The molecule has 0 radical (unpaired) electrons. The molecule has 0 bridgehead atoms. The van der Waals surface area contributed by atoms with Gasteiger partial charge in [0, 0.05) is 31.7 Å². The highest BCUT2D eigenvalue weighted by molar-refractivity contribution is 5.79. The van der Waals surface area contributed by atoms with Crippen LogP contribution in [0.15, 0.2) is 0 Å². The molecule has 138 valence electrons. The summed E-state index contributed by atoms with van der Waals surface area (Å²) < 4.78 is 0. The molecule has 1 aliphatic heterocycles. The highest BCUT2D eigenvalue weighted by Gasteiger charge is 2.34. The standard InChI is InChI=1S/C18H33N3O3/c1-4-20(13-18(23)24)15-7-9-19(10-8-15)12-17(22)21(11-14(2)3)16-5-6-16/h14-16H,4-13H2,1-3H3,(H,23,24). The fraction of sp³-hybridized carbons (Fsp3) is 0.889. The number of hydrogen-bond acceptors (Lipinski definition) is 4. The van der Waals surface area contributed by atoms with E-state index in [9.17, 15) is 9.59 Å². The molecule has 2 fully saturated rings. The van der Waals surface area contributed by atoms with Gasteiger partial charge in [-0.1, -0.05) is 20.8 Å². The molecule has 0 atom stereocenters. The molecule has 6 nitrogen and oxygen atoms in total. The summed E-state index contributed by atoms with van der Waals surface area (Å²) in [4.78, 5) is 30.0. The minimum atomic E-state index is -0.761. The van der Waals surface area contributed by atoms with Gasteiger partial charge in [-0.05, 0) is 38.1 Å². The van der Waals surface area contributed by atoms with Crippen molar-refractivity contribution in [3.8, 4) is 0 Å². The number of piperidine rings is 1. The van der Waals surface area contributed by atoms with Crippen LogP contribution in [0, 0.1) is 5.92 Å². The Morgan fingerprint density at radius 1 is 1.12 bits per heavy atom. The monoisotopic (exact) mass is 339 g/mol. The van der Waals surface area contributed by atoms with Crippen molar-refractivity contribution in [2.45, 2.75) is 58.5 Å². The van der Waals surface area contributed by atoms with Crippen molar-refractivity contribution in [1.82, 2.24) is 14.7 Å². The molecule has 1 N–H and O–H groups in total. The van der Waals surface area contributed by atoms with Gasteiger partial charge in [0.2, 0.25) is 5.91 Å². The minimum absolute atomic E-state index is 0.115. The molecule has 6 heteroatoms. The molecule has 0 aromatic carbocycles. The Bertz CT molecular complexity index is 429. The first-order chi connectivity index (χ1) is 11.4. The number of amides is 1. The summed E-state index contributed by atoms with van der Waals surface area (Å²) in [6.07, 6.45) is 4.20. The van der Waals surface area contributed by atoms with Crippen molar-refractivity contribution in [3.63, 3.8) is 0 Å². The summed E-state index contributed by atoms with van der Waals surface area (Å²) in [5, 5.41) is 9.01. The van der Waals surface area contributed by atoms with Crippen molar-refractivity contribution in [1.29, 1.82) is 0 Å². The summed E-state index contributed by atoms with van der Waals surface area (Å²) in [6, 6.07) is 0.802. The summed E-state index contributed by atoms with van der Waals surface area (Å²) in [5.41, 5.74) is 0. The van der Waals surface area contributed by atoms with Crippen LogP contribution in [0.2, 0.25) is 0 Å². The molecule has 1 amide bonds. The number of carboxylic acids is 1. The maximum absolute atomic E-state index is 12.6.